The fourth-order valence-electron chi connectivity index (χ4n) is 4.83. The highest BCUT2D eigenvalue weighted by Crippen LogP contribution is 2.32. The van der Waals surface area contributed by atoms with E-state index in [1.54, 1.807) is 54.8 Å². The Kier molecular flexibility index (Phi) is 10.7. The molecular weight excluding hydrogens is 836 g/mol. The summed E-state index contributed by atoms with van der Waals surface area (Å²) in [5.74, 6) is 0.788. The van der Waals surface area contributed by atoms with Crippen LogP contribution in [0, 0.1) is 17.3 Å². The number of carbonyl (C=O) groups is 1. The van der Waals surface area contributed by atoms with Gasteiger partial charge in [0.2, 0.25) is 0 Å². The van der Waals surface area contributed by atoms with Crippen LogP contribution >= 0.6 is 56.5 Å². The Labute approximate surface area is 295 Å². The van der Waals surface area contributed by atoms with E-state index in [1.807, 2.05) is 24.3 Å². The van der Waals surface area contributed by atoms with Crippen molar-refractivity contribution >= 4 is 74.3 Å². The number of ether oxygens (including phenoxy) is 3. The highest BCUT2D eigenvalue weighted by molar-refractivity contribution is 14.1. The van der Waals surface area contributed by atoms with Gasteiger partial charge in [-0.1, -0.05) is 36.1 Å². The van der Waals surface area contributed by atoms with E-state index in [0.29, 0.717) is 38.7 Å². The Balaban J connectivity index is 1.50. The summed E-state index contributed by atoms with van der Waals surface area (Å²) in [7, 11) is 0. The molecule has 0 bridgehead atoms. The van der Waals surface area contributed by atoms with Gasteiger partial charge in [0.15, 0.2) is 4.80 Å². The molecular formula is C33H27I2N3O7S. The Morgan fingerprint density at radius 1 is 1.11 bits per heavy atom. The SMILES string of the molecule is C=CCOc1ccc([C@@H]2C(C(=O)OCC)=C(C)N=c3s/c(=C\c4cc(I)c(OCc5ccc([N+](=O)[O-])cc5)c(I)c4)c(=O)n32)cc1. The summed E-state index contributed by atoms with van der Waals surface area (Å²) in [4.78, 5) is 42.8. The standard InChI is InChI=1S/C33H27I2N3O7S/c1-4-14-44-24-12-8-22(9-13-24)29-28(32(40)43-5-2)19(3)36-33-37(29)31(39)27(46-33)17-21-15-25(34)30(26(35)16-21)45-18-20-6-10-23(11-7-20)38(41)42/h4,6-13,15-17,29H,1,5,14,18H2,2-3H3/b27-17-/t29-/m1/s1. The molecule has 4 aromatic rings. The fourth-order valence-corrected chi connectivity index (χ4v) is 8.00. The molecule has 0 fully saturated rings. The average molecular weight is 863 g/mol. The molecule has 0 saturated heterocycles. The van der Waals surface area contributed by atoms with Crippen molar-refractivity contribution in [2.75, 3.05) is 13.2 Å². The number of nitro groups is 1. The summed E-state index contributed by atoms with van der Waals surface area (Å²) in [6.07, 6.45) is 3.46. The van der Waals surface area contributed by atoms with Gasteiger partial charge < -0.3 is 14.2 Å². The summed E-state index contributed by atoms with van der Waals surface area (Å²) in [6.45, 7) is 7.94. The monoisotopic (exact) mass is 863 g/mol. The Morgan fingerprint density at radius 2 is 1.78 bits per heavy atom. The average Bonchev–Trinajstić information content (AvgIpc) is 3.33. The third kappa shape index (κ3) is 7.25. The first-order valence-electron chi connectivity index (χ1n) is 14.0. The molecule has 0 radical (unpaired) electrons. The number of hydrogen-bond donors (Lipinski definition) is 0. The van der Waals surface area contributed by atoms with E-state index in [9.17, 15) is 19.7 Å². The van der Waals surface area contributed by atoms with Crippen molar-refractivity contribution in [2.45, 2.75) is 26.5 Å². The third-order valence-electron chi connectivity index (χ3n) is 6.93. The predicted molar refractivity (Wildman–Crippen MR) is 192 cm³/mol. The smallest absolute Gasteiger partial charge is 0.338 e. The van der Waals surface area contributed by atoms with E-state index >= 15 is 0 Å². The largest absolute Gasteiger partial charge is 0.490 e. The van der Waals surface area contributed by atoms with E-state index in [1.165, 1.54) is 23.5 Å². The van der Waals surface area contributed by atoms with Gasteiger partial charge in [0, 0.05) is 12.1 Å². The van der Waals surface area contributed by atoms with Crippen LogP contribution in [0.5, 0.6) is 11.5 Å². The van der Waals surface area contributed by atoms with Crippen LogP contribution in [0.3, 0.4) is 0 Å². The van der Waals surface area contributed by atoms with Gasteiger partial charge in [0.1, 0.15) is 24.7 Å². The van der Waals surface area contributed by atoms with Crippen molar-refractivity contribution in [2.24, 2.45) is 4.99 Å². The summed E-state index contributed by atoms with van der Waals surface area (Å²) in [6, 6.07) is 16.6. The zero-order chi connectivity index (χ0) is 33.0. The first-order chi connectivity index (χ1) is 22.1. The molecule has 3 aromatic carbocycles. The van der Waals surface area contributed by atoms with Crippen molar-refractivity contribution in [1.82, 2.24) is 4.57 Å². The molecule has 1 aliphatic rings. The molecule has 1 aliphatic heterocycles. The Bertz CT molecular complexity index is 2010. The number of allylic oxidation sites excluding steroid dienone is 1. The lowest BCUT2D eigenvalue weighted by atomic mass is 9.96. The number of carbonyl (C=O) groups excluding carboxylic acids is 1. The van der Waals surface area contributed by atoms with Gasteiger partial charge in [0.25, 0.3) is 11.2 Å². The number of rotatable bonds is 11. The molecule has 0 unspecified atom stereocenters. The van der Waals surface area contributed by atoms with Crippen molar-refractivity contribution in [3.63, 3.8) is 0 Å². The van der Waals surface area contributed by atoms with Gasteiger partial charge in [-0.15, -0.1) is 0 Å². The fraction of sp³-hybridized carbons (Fsp3) is 0.182. The van der Waals surface area contributed by atoms with Gasteiger partial charge in [-0.25, -0.2) is 9.79 Å². The van der Waals surface area contributed by atoms with Crippen LogP contribution in [-0.4, -0.2) is 28.7 Å². The van der Waals surface area contributed by atoms with Crippen LogP contribution in [0.2, 0.25) is 0 Å². The van der Waals surface area contributed by atoms with Crippen LogP contribution in [-0.2, 0) is 16.1 Å². The van der Waals surface area contributed by atoms with E-state index in [4.69, 9.17) is 14.2 Å². The normalized spacial score (nSPS) is 14.3. The summed E-state index contributed by atoms with van der Waals surface area (Å²) < 4.78 is 20.8. The molecule has 0 N–H and O–H groups in total. The maximum atomic E-state index is 14.0. The van der Waals surface area contributed by atoms with Gasteiger partial charge in [-0.3, -0.25) is 19.5 Å². The van der Waals surface area contributed by atoms with Gasteiger partial charge >= 0.3 is 5.97 Å². The van der Waals surface area contributed by atoms with Crippen molar-refractivity contribution in [1.29, 1.82) is 0 Å². The number of hydrogen-bond acceptors (Lipinski definition) is 9. The highest BCUT2D eigenvalue weighted by atomic mass is 127. The molecule has 0 amide bonds. The quantitative estimate of drug-likeness (QED) is 0.0591. The topological polar surface area (TPSA) is 122 Å². The van der Waals surface area contributed by atoms with E-state index < -0.39 is 16.9 Å². The van der Waals surface area contributed by atoms with Crippen LogP contribution in [0.15, 0.2) is 94.4 Å². The zero-order valence-corrected chi connectivity index (χ0v) is 29.8. The van der Waals surface area contributed by atoms with Crippen molar-refractivity contribution in [3.05, 3.63) is 138 Å². The molecule has 1 aromatic heterocycles. The summed E-state index contributed by atoms with van der Waals surface area (Å²) in [5.41, 5.74) is 2.85. The number of aromatic nitrogens is 1. The highest BCUT2D eigenvalue weighted by Gasteiger charge is 2.33. The Hall–Kier alpha value is -3.83. The van der Waals surface area contributed by atoms with Gasteiger partial charge in [-0.2, -0.15) is 0 Å². The minimum absolute atomic E-state index is 0.0212. The minimum Gasteiger partial charge on any atom is -0.490 e. The molecule has 13 heteroatoms. The lowest BCUT2D eigenvalue weighted by Gasteiger charge is -2.24. The number of halogens is 2. The minimum atomic E-state index is -0.735. The molecule has 10 nitrogen and oxygen atoms in total. The lowest BCUT2D eigenvalue weighted by Crippen LogP contribution is -2.39. The van der Waals surface area contributed by atoms with Crippen LogP contribution in [0.1, 0.15) is 36.6 Å². The second-order valence-electron chi connectivity index (χ2n) is 10.00. The molecule has 1 atom stereocenters. The second kappa shape index (κ2) is 14.7. The third-order valence-corrected chi connectivity index (χ3v) is 9.51. The predicted octanol–water partition coefficient (Wildman–Crippen LogP) is 6.06. The number of esters is 1. The number of thiazole rings is 1. The maximum Gasteiger partial charge on any atom is 0.338 e. The van der Waals surface area contributed by atoms with Crippen LogP contribution < -0.4 is 24.4 Å². The number of nitrogens with zero attached hydrogens (tertiary/aromatic N) is 3. The van der Waals surface area contributed by atoms with Crippen LogP contribution in [0.4, 0.5) is 5.69 Å². The molecule has 0 aliphatic carbocycles. The summed E-state index contributed by atoms with van der Waals surface area (Å²) in [5, 5.41) is 10.9. The number of fused-ring (bicyclic) bond motifs is 1. The first-order valence-corrected chi connectivity index (χ1v) is 17.0. The van der Waals surface area contributed by atoms with Crippen molar-refractivity contribution in [3.8, 4) is 11.5 Å². The number of non-ortho nitro benzene ring substituents is 1. The maximum absolute atomic E-state index is 14.0. The first kappa shape index (κ1) is 33.5. The van der Waals surface area contributed by atoms with E-state index in [2.05, 4.69) is 56.8 Å². The summed E-state index contributed by atoms with van der Waals surface area (Å²) >= 11 is 5.62. The van der Waals surface area contributed by atoms with E-state index in [0.717, 1.165) is 23.8 Å². The van der Waals surface area contributed by atoms with Crippen LogP contribution in [0.25, 0.3) is 6.08 Å². The molecule has 2 heterocycles. The molecule has 0 saturated carbocycles. The van der Waals surface area contributed by atoms with Gasteiger partial charge in [0.05, 0.1) is 40.5 Å². The lowest BCUT2D eigenvalue weighted by molar-refractivity contribution is -0.384. The number of benzene rings is 3. The van der Waals surface area contributed by atoms with Gasteiger partial charge in [-0.05, 0) is 118 Å². The zero-order valence-electron chi connectivity index (χ0n) is 24.7. The molecule has 0 spiro atoms. The van der Waals surface area contributed by atoms with Crippen molar-refractivity contribution < 1.29 is 23.9 Å². The van der Waals surface area contributed by atoms with E-state index in [-0.39, 0.29) is 24.5 Å². The molecule has 46 heavy (non-hydrogen) atoms. The molecule has 236 valence electrons. The Morgan fingerprint density at radius 3 is 2.39 bits per heavy atom. The number of nitro benzene ring substituents is 1. The second-order valence-corrected chi connectivity index (χ2v) is 13.3. The molecule has 5 rings (SSSR count).